The molecule has 26 heavy (non-hydrogen) atoms. The standard InChI is InChI=1S/C22H21FO3/c1-3-13-4-5-15(14-6-8-16(23)9-7-14)12-17(13)19-20(24)18-10-11-22(2,26-18)21(19)25/h4-9,12,18,25H,3,10-11H2,1-2H3/t18-,22-/m1/s1. The molecule has 0 spiro atoms. The second-order valence-corrected chi connectivity index (χ2v) is 7.20. The van der Waals surface area contributed by atoms with Gasteiger partial charge in [0.15, 0.2) is 5.78 Å². The molecule has 2 bridgehead atoms. The third kappa shape index (κ3) is 2.56. The Balaban J connectivity index is 1.89. The van der Waals surface area contributed by atoms with Crippen LogP contribution in [0, 0.1) is 5.82 Å². The summed E-state index contributed by atoms with van der Waals surface area (Å²) in [6.07, 6.45) is 1.52. The maximum absolute atomic E-state index is 13.2. The highest BCUT2D eigenvalue weighted by atomic mass is 19.1. The van der Waals surface area contributed by atoms with E-state index in [9.17, 15) is 14.3 Å². The number of hydrogen-bond donors (Lipinski definition) is 1. The number of carbonyl (C=O) groups excluding carboxylic acids is 1. The average Bonchev–Trinajstić information content (AvgIpc) is 3.02. The van der Waals surface area contributed by atoms with Gasteiger partial charge in [0, 0.05) is 0 Å². The van der Waals surface area contributed by atoms with Gasteiger partial charge in [-0.05, 0) is 66.6 Å². The van der Waals surface area contributed by atoms with E-state index in [0.717, 1.165) is 28.7 Å². The molecule has 2 aliphatic heterocycles. The summed E-state index contributed by atoms with van der Waals surface area (Å²) < 4.78 is 19.0. The van der Waals surface area contributed by atoms with Crippen LogP contribution in [0.1, 0.15) is 37.8 Å². The molecule has 2 heterocycles. The van der Waals surface area contributed by atoms with Crippen molar-refractivity contribution in [3.8, 4) is 11.1 Å². The van der Waals surface area contributed by atoms with Gasteiger partial charge in [0.1, 0.15) is 23.3 Å². The number of benzene rings is 2. The van der Waals surface area contributed by atoms with Crippen molar-refractivity contribution in [2.24, 2.45) is 0 Å². The lowest BCUT2D eigenvalue weighted by Crippen LogP contribution is -2.37. The Morgan fingerprint density at radius 3 is 2.58 bits per heavy atom. The van der Waals surface area contributed by atoms with Gasteiger partial charge in [-0.25, -0.2) is 4.39 Å². The van der Waals surface area contributed by atoms with E-state index in [-0.39, 0.29) is 17.4 Å². The van der Waals surface area contributed by atoms with Crippen LogP contribution in [0.5, 0.6) is 0 Å². The summed E-state index contributed by atoms with van der Waals surface area (Å²) in [4.78, 5) is 12.9. The lowest BCUT2D eigenvalue weighted by atomic mass is 9.86. The van der Waals surface area contributed by atoms with Crippen LogP contribution in [0.3, 0.4) is 0 Å². The van der Waals surface area contributed by atoms with Gasteiger partial charge in [-0.2, -0.15) is 0 Å². The zero-order valence-corrected chi connectivity index (χ0v) is 14.9. The first-order valence-corrected chi connectivity index (χ1v) is 8.98. The van der Waals surface area contributed by atoms with Crippen molar-refractivity contribution in [3.05, 3.63) is 65.2 Å². The van der Waals surface area contributed by atoms with Crippen LogP contribution in [-0.2, 0) is 16.0 Å². The molecule has 2 aromatic rings. The van der Waals surface area contributed by atoms with E-state index < -0.39 is 11.7 Å². The number of carbonyl (C=O) groups is 1. The van der Waals surface area contributed by atoms with E-state index in [4.69, 9.17) is 4.74 Å². The van der Waals surface area contributed by atoms with Gasteiger partial charge < -0.3 is 9.84 Å². The summed E-state index contributed by atoms with van der Waals surface area (Å²) in [6.45, 7) is 3.86. The fourth-order valence-electron chi connectivity index (χ4n) is 3.94. The molecule has 1 fully saturated rings. The summed E-state index contributed by atoms with van der Waals surface area (Å²) in [5.41, 5.74) is 3.08. The molecule has 4 rings (SSSR count). The SMILES string of the molecule is CCc1ccc(-c2ccc(F)cc2)cc1C1=C(O)[C@@]2(C)CC[C@@H](O2)C1=O. The minimum atomic E-state index is -0.787. The molecular formula is C22H21FO3. The van der Waals surface area contributed by atoms with Crippen molar-refractivity contribution in [1.82, 2.24) is 0 Å². The molecule has 0 amide bonds. The monoisotopic (exact) mass is 352 g/mol. The molecule has 4 heteroatoms. The number of ketones is 1. The van der Waals surface area contributed by atoms with Crippen LogP contribution in [0.4, 0.5) is 4.39 Å². The van der Waals surface area contributed by atoms with Crippen molar-refractivity contribution in [2.75, 3.05) is 0 Å². The number of ether oxygens (including phenoxy) is 1. The second-order valence-electron chi connectivity index (χ2n) is 7.20. The first-order chi connectivity index (χ1) is 12.4. The third-order valence-corrected chi connectivity index (χ3v) is 5.50. The largest absolute Gasteiger partial charge is 0.508 e. The Bertz CT molecular complexity index is 913. The third-order valence-electron chi connectivity index (χ3n) is 5.50. The van der Waals surface area contributed by atoms with Crippen LogP contribution in [0.15, 0.2) is 48.2 Å². The van der Waals surface area contributed by atoms with E-state index in [1.54, 1.807) is 12.1 Å². The molecule has 0 saturated carbocycles. The maximum Gasteiger partial charge on any atom is 0.195 e. The van der Waals surface area contributed by atoms with Crippen molar-refractivity contribution in [1.29, 1.82) is 0 Å². The molecule has 3 nitrogen and oxygen atoms in total. The van der Waals surface area contributed by atoms with Gasteiger partial charge in [-0.3, -0.25) is 4.79 Å². The summed E-state index contributed by atoms with van der Waals surface area (Å²) in [7, 11) is 0. The van der Waals surface area contributed by atoms with E-state index in [1.807, 2.05) is 32.0 Å². The highest BCUT2D eigenvalue weighted by Crippen LogP contribution is 2.45. The highest BCUT2D eigenvalue weighted by molar-refractivity contribution is 6.25. The van der Waals surface area contributed by atoms with E-state index in [1.165, 1.54) is 12.1 Å². The molecule has 0 unspecified atom stereocenters. The number of fused-ring (bicyclic) bond motifs is 2. The number of Topliss-reactive ketones (excluding diaryl/α,β-unsaturated/α-hetero) is 1. The fourth-order valence-corrected chi connectivity index (χ4v) is 3.94. The maximum atomic E-state index is 13.2. The Hall–Kier alpha value is -2.46. The van der Waals surface area contributed by atoms with Crippen molar-refractivity contribution in [3.63, 3.8) is 0 Å². The van der Waals surface area contributed by atoms with Crippen molar-refractivity contribution in [2.45, 2.75) is 44.8 Å². The van der Waals surface area contributed by atoms with Gasteiger partial charge in [0.25, 0.3) is 0 Å². The smallest absolute Gasteiger partial charge is 0.195 e. The molecular weight excluding hydrogens is 331 g/mol. The molecule has 1 N–H and O–H groups in total. The van der Waals surface area contributed by atoms with E-state index >= 15 is 0 Å². The minimum Gasteiger partial charge on any atom is -0.508 e. The Kier molecular flexibility index (Phi) is 3.96. The van der Waals surface area contributed by atoms with Crippen LogP contribution in [0.25, 0.3) is 16.7 Å². The molecule has 0 aromatic heterocycles. The topological polar surface area (TPSA) is 46.5 Å². The second kappa shape index (κ2) is 6.06. The predicted octanol–water partition coefficient (Wildman–Crippen LogP) is 4.84. The number of hydrogen-bond acceptors (Lipinski definition) is 3. The summed E-state index contributed by atoms with van der Waals surface area (Å²) in [6, 6.07) is 12.1. The van der Waals surface area contributed by atoms with Gasteiger partial charge >= 0.3 is 0 Å². The first-order valence-electron chi connectivity index (χ1n) is 8.98. The quantitative estimate of drug-likeness (QED) is 0.859. The molecule has 134 valence electrons. The van der Waals surface area contributed by atoms with Gasteiger partial charge in [0.2, 0.25) is 0 Å². The molecule has 0 aliphatic carbocycles. The minimum absolute atomic E-state index is 0.0298. The van der Waals surface area contributed by atoms with Crippen LogP contribution < -0.4 is 0 Å². The lowest BCUT2D eigenvalue weighted by Gasteiger charge is -2.31. The average molecular weight is 352 g/mol. The predicted molar refractivity (Wildman–Crippen MR) is 98.3 cm³/mol. The molecule has 2 aliphatic rings. The van der Waals surface area contributed by atoms with E-state index in [0.29, 0.717) is 18.4 Å². The van der Waals surface area contributed by atoms with Gasteiger partial charge in [-0.15, -0.1) is 0 Å². The zero-order valence-electron chi connectivity index (χ0n) is 14.9. The highest BCUT2D eigenvalue weighted by Gasteiger charge is 2.50. The first kappa shape index (κ1) is 17.0. The van der Waals surface area contributed by atoms with E-state index in [2.05, 4.69) is 0 Å². The lowest BCUT2D eigenvalue weighted by molar-refractivity contribution is -0.130. The Labute approximate surface area is 152 Å². The number of aliphatic hydroxyl groups excluding tert-OH is 1. The number of rotatable bonds is 3. The fraction of sp³-hybridized carbons (Fsp3) is 0.318. The van der Waals surface area contributed by atoms with Crippen molar-refractivity contribution < 1.29 is 19.0 Å². The number of halogens is 1. The number of aliphatic hydroxyl groups is 1. The summed E-state index contributed by atoms with van der Waals surface area (Å²) >= 11 is 0. The van der Waals surface area contributed by atoms with Gasteiger partial charge in [0.05, 0.1) is 5.57 Å². The summed E-state index contributed by atoms with van der Waals surface area (Å²) in [5.74, 6) is -0.408. The van der Waals surface area contributed by atoms with Gasteiger partial charge in [-0.1, -0.05) is 31.2 Å². The van der Waals surface area contributed by atoms with Crippen LogP contribution in [-0.4, -0.2) is 22.6 Å². The Morgan fingerprint density at radius 1 is 1.19 bits per heavy atom. The normalized spacial score (nSPS) is 25.0. The molecule has 1 saturated heterocycles. The molecule has 0 radical (unpaired) electrons. The molecule has 2 aromatic carbocycles. The zero-order chi connectivity index (χ0) is 18.5. The summed E-state index contributed by atoms with van der Waals surface area (Å²) in [5, 5.41) is 10.8. The molecule has 2 atom stereocenters. The Morgan fingerprint density at radius 2 is 1.88 bits per heavy atom. The number of aryl methyl sites for hydroxylation is 1. The van der Waals surface area contributed by atoms with Crippen LogP contribution >= 0.6 is 0 Å². The van der Waals surface area contributed by atoms with Crippen molar-refractivity contribution >= 4 is 11.4 Å². The van der Waals surface area contributed by atoms with Crippen LogP contribution in [0.2, 0.25) is 0 Å².